The predicted molar refractivity (Wildman–Crippen MR) is 116 cm³/mol. The first-order chi connectivity index (χ1) is 14.1. The fraction of sp³-hybridized carbons (Fsp3) is 0.182. The number of hydrogen-bond donors (Lipinski definition) is 1. The summed E-state index contributed by atoms with van der Waals surface area (Å²) in [5, 5.41) is 6.47. The molecule has 0 aliphatic rings. The summed E-state index contributed by atoms with van der Waals surface area (Å²) in [5.41, 5.74) is 3.63. The molecule has 4 aromatic rings. The number of rotatable bonds is 6. The molecule has 0 atom stereocenters. The number of para-hydroxylation sites is 1. The maximum absolute atomic E-state index is 12.6. The smallest absolute Gasteiger partial charge is 0.246 e. The van der Waals surface area contributed by atoms with Crippen molar-refractivity contribution in [1.29, 1.82) is 0 Å². The number of thiazole rings is 1. The van der Waals surface area contributed by atoms with E-state index >= 15 is 0 Å². The van der Waals surface area contributed by atoms with Crippen molar-refractivity contribution in [2.75, 3.05) is 19.5 Å². The Morgan fingerprint density at radius 3 is 2.76 bits per heavy atom. The number of aryl methyl sites for hydroxylation is 1. The molecule has 1 amide bonds. The predicted octanol–water partition coefficient (Wildman–Crippen LogP) is 4.73. The molecular formula is C22H21N3O3S. The van der Waals surface area contributed by atoms with Crippen LogP contribution in [0.2, 0.25) is 0 Å². The SMILES string of the molecule is COc1ccc(OC)c(-c2csc(NC(=O)Cn3c(C)cc4ccccc43)n2)c1. The van der Waals surface area contributed by atoms with Crippen molar-refractivity contribution < 1.29 is 14.3 Å². The molecule has 0 saturated carbocycles. The van der Waals surface area contributed by atoms with E-state index in [1.807, 2.05) is 59.3 Å². The second-order valence-corrected chi connectivity index (χ2v) is 7.44. The molecule has 0 fully saturated rings. The van der Waals surface area contributed by atoms with Crippen LogP contribution in [0, 0.1) is 6.92 Å². The average molecular weight is 407 g/mol. The summed E-state index contributed by atoms with van der Waals surface area (Å²) in [6.07, 6.45) is 0. The number of carbonyl (C=O) groups excluding carboxylic acids is 1. The molecule has 1 N–H and O–H groups in total. The Hall–Kier alpha value is -3.32. The minimum absolute atomic E-state index is 0.118. The fourth-order valence-corrected chi connectivity index (χ4v) is 4.06. The zero-order valence-corrected chi connectivity index (χ0v) is 17.2. The average Bonchev–Trinajstić information content (AvgIpc) is 3.32. The van der Waals surface area contributed by atoms with Gasteiger partial charge in [-0.1, -0.05) is 18.2 Å². The van der Waals surface area contributed by atoms with Gasteiger partial charge < -0.3 is 19.4 Å². The molecule has 29 heavy (non-hydrogen) atoms. The van der Waals surface area contributed by atoms with Crippen LogP contribution >= 0.6 is 11.3 Å². The van der Waals surface area contributed by atoms with E-state index in [2.05, 4.69) is 16.4 Å². The lowest BCUT2D eigenvalue weighted by atomic mass is 10.1. The van der Waals surface area contributed by atoms with Gasteiger partial charge in [0, 0.05) is 22.2 Å². The minimum Gasteiger partial charge on any atom is -0.497 e. The number of benzene rings is 2. The quantitative estimate of drug-likeness (QED) is 0.502. The monoisotopic (exact) mass is 407 g/mol. The molecule has 0 aliphatic carbocycles. The molecular weight excluding hydrogens is 386 g/mol. The van der Waals surface area contributed by atoms with Crippen molar-refractivity contribution in [2.24, 2.45) is 0 Å². The number of hydrogen-bond acceptors (Lipinski definition) is 5. The number of carbonyl (C=O) groups is 1. The van der Waals surface area contributed by atoms with Gasteiger partial charge in [0.1, 0.15) is 18.0 Å². The van der Waals surface area contributed by atoms with Crippen LogP contribution in [-0.2, 0) is 11.3 Å². The zero-order chi connectivity index (χ0) is 20.4. The lowest BCUT2D eigenvalue weighted by molar-refractivity contribution is -0.116. The number of nitrogens with zero attached hydrogens (tertiary/aromatic N) is 2. The maximum atomic E-state index is 12.6. The Labute approximate surface area is 172 Å². The van der Waals surface area contributed by atoms with Gasteiger partial charge in [-0.3, -0.25) is 4.79 Å². The minimum atomic E-state index is -0.118. The number of fused-ring (bicyclic) bond motifs is 1. The van der Waals surface area contributed by atoms with Gasteiger partial charge in [-0.05, 0) is 42.6 Å². The number of aromatic nitrogens is 2. The second-order valence-electron chi connectivity index (χ2n) is 6.58. The van der Waals surface area contributed by atoms with Crippen molar-refractivity contribution >= 4 is 33.3 Å². The summed E-state index contributed by atoms with van der Waals surface area (Å²) in [7, 11) is 3.23. The molecule has 0 spiro atoms. The highest BCUT2D eigenvalue weighted by Crippen LogP contribution is 2.35. The largest absolute Gasteiger partial charge is 0.497 e. The third-order valence-electron chi connectivity index (χ3n) is 4.75. The van der Waals surface area contributed by atoms with E-state index in [1.165, 1.54) is 11.3 Å². The second kappa shape index (κ2) is 7.97. The van der Waals surface area contributed by atoms with Crippen LogP contribution in [0.4, 0.5) is 5.13 Å². The Morgan fingerprint density at radius 2 is 1.97 bits per heavy atom. The zero-order valence-electron chi connectivity index (χ0n) is 16.4. The number of anilines is 1. The van der Waals surface area contributed by atoms with Crippen LogP contribution < -0.4 is 14.8 Å². The normalized spacial score (nSPS) is 10.9. The highest BCUT2D eigenvalue weighted by Gasteiger charge is 2.14. The first-order valence-corrected chi connectivity index (χ1v) is 9.99. The van der Waals surface area contributed by atoms with Gasteiger partial charge in [0.2, 0.25) is 5.91 Å². The van der Waals surface area contributed by atoms with E-state index in [1.54, 1.807) is 14.2 Å². The third-order valence-corrected chi connectivity index (χ3v) is 5.51. The van der Waals surface area contributed by atoms with Gasteiger partial charge in [-0.15, -0.1) is 11.3 Å². The molecule has 2 heterocycles. The van der Waals surface area contributed by atoms with Crippen LogP contribution in [0.1, 0.15) is 5.69 Å². The van der Waals surface area contributed by atoms with E-state index in [9.17, 15) is 4.79 Å². The van der Waals surface area contributed by atoms with Crippen molar-refractivity contribution in [3.63, 3.8) is 0 Å². The van der Waals surface area contributed by atoms with Crippen LogP contribution in [0.3, 0.4) is 0 Å². The Bertz CT molecular complexity index is 1180. The number of ether oxygens (including phenoxy) is 2. The fourth-order valence-electron chi connectivity index (χ4n) is 3.33. The summed E-state index contributed by atoms with van der Waals surface area (Å²) < 4.78 is 12.7. The van der Waals surface area contributed by atoms with Crippen LogP contribution in [0.15, 0.2) is 53.9 Å². The van der Waals surface area contributed by atoms with Crippen LogP contribution in [0.25, 0.3) is 22.2 Å². The Morgan fingerprint density at radius 1 is 1.14 bits per heavy atom. The molecule has 4 rings (SSSR count). The van der Waals surface area contributed by atoms with Gasteiger partial charge in [-0.2, -0.15) is 0 Å². The molecule has 7 heteroatoms. The van der Waals surface area contributed by atoms with Crippen LogP contribution in [-0.4, -0.2) is 29.7 Å². The lowest BCUT2D eigenvalue weighted by Gasteiger charge is -2.09. The van der Waals surface area contributed by atoms with Crippen LogP contribution in [0.5, 0.6) is 11.5 Å². The maximum Gasteiger partial charge on any atom is 0.246 e. The molecule has 0 saturated heterocycles. The molecule has 148 valence electrons. The number of methoxy groups -OCH3 is 2. The number of amides is 1. The molecule has 6 nitrogen and oxygen atoms in total. The van der Waals surface area contributed by atoms with E-state index in [4.69, 9.17) is 9.47 Å². The van der Waals surface area contributed by atoms with Gasteiger partial charge in [0.05, 0.1) is 19.9 Å². The summed E-state index contributed by atoms with van der Waals surface area (Å²) in [6.45, 7) is 2.24. The highest BCUT2D eigenvalue weighted by atomic mass is 32.1. The van der Waals surface area contributed by atoms with E-state index in [0.717, 1.165) is 27.9 Å². The first kappa shape index (κ1) is 19.0. The molecule has 2 aromatic carbocycles. The highest BCUT2D eigenvalue weighted by molar-refractivity contribution is 7.14. The van der Waals surface area contributed by atoms with Crippen molar-refractivity contribution in [1.82, 2.24) is 9.55 Å². The lowest BCUT2D eigenvalue weighted by Crippen LogP contribution is -2.19. The third kappa shape index (κ3) is 3.82. The topological polar surface area (TPSA) is 65.4 Å². The molecule has 0 aliphatic heterocycles. The summed E-state index contributed by atoms with van der Waals surface area (Å²) in [5.74, 6) is 1.30. The van der Waals surface area contributed by atoms with E-state index in [-0.39, 0.29) is 12.5 Å². The van der Waals surface area contributed by atoms with E-state index in [0.29, 0.717) is 16.6 Å². The molecule has 0 bridgehead atoms. The Balaban J connectivity index is 1.54. The van der Waals surface area contributed by atoms with Crippen molar-refractivity contribution in [3.05, 3.63) is 59.6 Å². The van der Waals surface area contributed by atoms with E-state index < -0.39 is 0 Å². The standard InChI is InChI=1S/C22H21N3O3S/c1-14-10-15-6-4-5-7-19(15)25(14)12-21(26)24-22-23-18(13-29-22)17-11-16(27-2)8-9-20(17)28-3/h4-11,13H,12H2,1-3H3,(H,23,24,26). The molecule has 0 radical (unpaired) electrons. The van der Waals surface area contributed by atoms with Gasteiger partial charge in [0.25, 0.3) is 0 Å². The van der Waals surface area contributed by atoms with Gasteiger partial charge in [-0.25, -0.2) is 4.98 Å². The van der Waals surface area contributed by atoms with Gasteiger partial charge in [0.15, 0.2) is 5.13 Å². The van der Waals surface area contributed by atoms with Crippen molar-refractivity contribution in [3.8, 4) is 22.8 Å². The molecule has 2 aromatic heterocycles. The Kier molecular flexibility index (Phi) is 5.22. The van der Waals surface area contributed by atoms with Gasteiger partial charge >= 0.3 is 0 Å². The number of nitrogens with one attached hydrogen (secondary N) is 1. The summed E-state index contributed by atoms with van der Waals surface area (Å²) >= 11 is 1.38. The summed E-state index contributed by atoms with van der Waals surface area (Å²) in [6, 6.07) is 15.7. The summed E-state index contributed by atoms with van der Waals surface area (Å²) in [4.78, 5) is 17.2. The first-order valence-electron chi connectivity index (χ1n) is 9.11. The van der Waals surface area contributed by atoms with Crippen molar-refractivity contribution in [2.45, 2.75) is 13.5 Å². The molecule has 0 unspecified atom stereocenters.